The van der Waals surface area contributed by atoms with Crippen molar-refractivity contribution in [3.63, 3.8) is 0 Å². The molecule has 0 saturated carbocycles. The van der Waals surface area contributed by atoms with Gasteiger partial charge in [0.1, 0.15) is 5.76 Å². The summed E-state index contributed by atoms with van der Waals surface area (Å²) in [6.07, 6.45) is 0.781. The van der Waals surface area contributed by atoms with Crippen molar-refractivity contribution in [3.05, 3.63) is 58.5 Å². The van der Waals surface area contributed by atoms with Crippen LogP contribution in [0.3, 0.4) is 0 Å². The standard InChI is InChI=1S/C13H11ClO2/c1-2-11-6-7-12(16-11)13(15)9-4-3-5-10(14)8-9/h3-8H,2H2,1H3. The van der Waals surface area contributed by atoms with Gasteiger partial charge in [0, 0.05) is 17.0 Å². The number of rotatable bonds is 3. The van der Waals surface area contributed by atoms with Gasteiger partial charge in [0.25, 0.3) is 0 Å². The molecular weight excluding hydrogens is 224 g/mol. The number of benzene rings is 1. The first-order valence-electron chi connectivity index (χ1n) is 5.09. The molecule has 0 N–H and O–H groups in total. The zero-order valence-corrected chi connectivity index (χ0v) is 9.62. The van der Waals surface area contributed by atoms with Crippen LogP contribution in [0.2, 0.25) is 5.02 Å². The molecule has 0 radical (unpaired) electrons. The first kappa shape index (κ1) is 11.0. The van der Waals surface area contributed by atoms with Crippen molar-refractivity contribution in [3.8, 4) is 0 Å². The van der Waals surface area contributed by atoms with Crippen molar-refractivity contribution in [2.75, 3.05) is 0 Å². The molecule has 82 valence electrons. The summed E-state index contributed by atoms with van der Waals surface area (Å²) >= 11 is 5.83. The van der Waals surface area contributed by atoms with Gasteiger partial charge in [0.05, 0.1) is 0 Å². The van der Waals surface area contributed by atoms with Crippen LogP contribution < -0.4 is 0 Å². The van der Waals surface area contributed by atoms with Gasteiger partial charge in [-0.05, 0) is 24.3 Å². The number of ketones is 1. The van der Waals surface area contributed by atoms with E-state index in [2.05, 4.69) is 0 Å². The summed E-state index contributed by atoms with van der Waals surface area (Å²) in [6, 6.07) is 10.4. The van der Waals surface area contributed by atoms with Gasteiger partial charge < -0.3 is 4.42 Å². The van der Waals surface area contributed by atoms with Crippen LogP contribution in [-0.2, 0) is 6.42 Å². The van der Waals surface area contributed by atoms with E-state index in [0.29, 0.717) is 16.3 Å². The van der Waals surface area contributed by atoms with E-state index >= 15 is 0 Å². The van der Waals surface area contributed by atoms with E-state index in [1.54, 1.807) is 30.3 Å². The van der Waals surface area contributed by atoms with Crippen molar-refractivity contribution in [2.24, 2.45) is 0 Å². The van der Waals surface area contributed by atoms with Crippen molar-refractivity contribution >= 4 is 17.4 Å². The molecule has 1 aromatic carbocycles. The smallest absolute Gasteiger partial charge is 0.228 e. The van der Waals surface area contributed by atoms with E-state index in [1.165, 1.54) is 0 Å². The highest BCUT2D eigenvalue weighted by Crippen LogP contribution is 2.17. The maximum absolute atomic E-state index is 12.0. The van der Waals surface area contributed by atoms with Crippen LogP contribution in [-0.4, -0.2) is 5.78 Å². The Morgan fingerprint density at radius 1 is 1.31 bits per heavy atom. The lowest BCUT2D eigenvalue weighted by Crippen LogP contribution is -1.98. The first-order valence-corrected chi connectivity index (χ1v) is 5.47. The second-order valence-electron chi connectivity index (χ2n) is 3.46. The largest absolute Gasteiger partial charge is 0.458 e. The number of hydrogen-bond acceptors (Lipinski definition) is 2. The van der Waals surface area contributed by atoms with Crippen LogP contribution in [0.15, 0.2) is 40.8 Å². The third-order valence-corrected chi connectivity index (χ3v) is 2.56. The Labute approximate surface area is 98.8 Å². The Morgan fingerprint density at radius 2 is 2.12 bits per heavy atom. The lowest BCUT2D eigenvalue weighted by atomic mass is 10.1. The Morgan fingerprint density at radius 3 is 2.75 bits per heavy atom. The van der Waals surface area contributed by atoms with Crippen molar-refractivity contribution in [2.45, 2.75) is 13.3 Å². The zero-order valence-electron chi connectivity index (χ0n) is 8.87. The molecule has 0 aliphatic carbocycles. The average molecular weight is 235 g/mol. The van der Waals surface area contributed by atoms with Crippen LogP contribution >= 0.6 is 11.6 Å². The zero-order chi connectivity index (χ0) is 11.5. The Balaban J connectivity index is 2.31. The summed E-state index contributed by atoms with van der Waals surface area (Å²) in [7, 11) is 0. The lowest BCUT2D eigenvalue weighted by molar-refractivity contribution is 0.101. The molecule has 1 aromatic heterocycles. The van der Waals surface area contributed by atoms with Crippen LogP contribution in [0.25, 0.3) is 0 Å². The molecule has 0 bridgehead atoms. The van der Waals surface area contributed by atoms with E-state index in [1.807, 2.05) is 13.0 Å². The summed E-state index contributed by atoms with van der Waals surface area (Å²) < 4.78 is 5.40. The van der Waals surface area contributed by atoms with E-state index in [4.69, 9.17) is 16.0 Å². The highest BCUT2D eigenvalue weighted by atomic mass is 35.5. The Kier molecular flexibility index (Phi) is 3.11. The lowest BCUT2D eigenvalue weighted by Gasteiger charge is -1.98. The SMILES string of the molecule is CCc1ccc(C(=O)c2cccc(Cl)c2)o1. The fourth-order valence-electron chi connectivity index (χ4n) is 1.46. The summed E-state index contributed by atoms with van der Waals surface area (Å²) in [5.41, 5.74) is 0.546. The van der Waals surface area contributed by atoms with E-state index in [-0.39, 0.29) is 5.78 Å². The third-order valence-electron chi connectivity index (χ3n) is 2.32. The van der Waals surface area contributed by atoms with Gasteiger partial charge in [-0.3, -0.25) is 4.79 Å². The molecule has 3 heteroatoms. The molecule has 2 nitrogen and oxygen atoms in total. The molecule has 2 aromatic rings. The highest BCUT2D eigenvalue weighted by Gasteiger charge is 2.13. The van der Waals surface area contributed by atoms with Crippen molar-refractivity contribution in [1.82, 2.24) is 0 Å². The fourth-order valence-corrected chi connectivity index (χ4v) is 1.65. The molecular formula is C13H11ClO2. The molecule has 2 rings (SSSR count). The maximum atomic E-state index is 12.0. The molecule has 0 fully saturated rings. The number of hydrogen-bond donors (Lipinski definition) is 0. The van der Waals surface area contributed by atoms with E-state index in [0.717, 1.165) is 12.2 Å². The van der Waals surface area contributed by atoms with Crippen LogP contribution in [0.5, 0.6) is 0 Å². The van der Waals surface area contributed by atoms with Crippen LogP contribution in [0.4, 0.5) is 0 Å². The van der Waals surface area contributed by atoms with Gasteiger partial charge in [-0.15, -0.1) is 0 Å². The van der Waals surface area contributed by atoms with Gasteiger partial charge in [0.15, 0.2) is 5.76 Å². The number of carbonyl (C=O) groups excluding carboxylic acids is 1. The fraction of sp³-hybridized carbons (Fsp3) is 0.154. The molecule has 0 aliphatic heterocycles. The third kappa shape index (κ3) is 2.17. The first-order chi connectivity index (χ1) is 7.70. The molecule has 0 aliphatic rings. The molecule has 0 saturated heterocycles. The summed E-state index contributed by atoms with van der Waals surface area (Å²) in [5, 5.41) is 0.549. The minimum Gasteiger partial charge on any atom is -0.458 e. The molecule has 16 heavy (non-hydrogen) atoms. The van der Waals surface area contributed by atoms with Gasteiger partial charge >= 0.3 is 0 Å². The second-order valence-corrected chi connectivity index (χ2v) is 3.90. The minimum atomic E-state index is -0.137. The van der Waals surface area contributed by atoms with Crippen LogP contribution in [0.1, 0.15) is 28.8 Å². The van der Waals surface area contributed by atoms with Gasteiger partial charge in [-0.1, -0.05) is 30.7 Å². The monoisotopic (exact) mass is 234 g/mol. The van der Waals surface area contributed by atoms with E-state index in [9.17, 15) is 4.79 Å². The highest BCUT2D eigenvalue weighted by molar-refractivity contribution is 6.31. The van der Waals surface area contributed by atoms with Gasteiger partial charge in [-0.25, -0.2) is 0 Å². The average Bonchev–Trinajstić information content (AvgIpc) is 2.76. The second kappa shape index (κ2) is 4.54. The molecule has 1 heterocycles. The van der Waals surface area contributed by atoms with E-state index < -0.39 is 0 Å². The molecule has 0 amide bonds. The number of aryl methyl sites for hydroxylation is 1. The van der Waals surface area contributed by atoms with Crippen LogP contribution in [0, 0.1) is 0 Å². The minimum absolute atomic E-state index is 0.137. The Hall–Kier alpha value is -1.54. The Bertz CT molecular complexity index is 514. The predicted octanol–water partition coefficient (Wildman–Crippen LogP) is 3.73. The van der Waals surface area contributed by atoms with Gasteiger partial charge in [0.2, 0.25) is 5.78 Å². The summed E-state index contributed by atoms with van der Waals surface area (Å²) in [5.74, 6) is 1.03. The predicted molar refractivity (Wildman–Crippen MR) is 63.0 cm³/mol. The summed E-state index contributed by atoms with van der Waals surface area (Å²) in [6.45, 7) is 1.98. The van der Waals surface area contributed by atoms with Crippen molar-refractivity contribution in [1.29, 1.82) is 0 Å². The number of halogens is 1. The molecule has 0 atom stereocenters. The number of furan rings is 1. The normalized spacial score (nSPS) is 10.4. The molecule has 0 spiro atoms. The maximum Gasteiger partial charge on any atom is 0.228 e. The molecule has 0 unspecified atom stereocenters. The summed E-state index contributed by atoms with van der Waals surface area (Å²) in [4.78, 5) is 12.0. The van der Waals surface area contributed by atoms with Gasteiger partial charge in [-0.2, -0.15) is 0 Å². The quantitative estimate of drug-likeness (QED) is 0.758. The number of carbonyl (C=O) groups is 1. The topological polar surface area (TPSA) is 30.2 Å². The van der Waals surface area contributed by atoms with Crippen molar-refractivity contribution < 1.29 is 9.21 Å².